The first kappa shape index (κ1) is 22.5. The largest absolute Gasteiger partial charge is 0.497 e. The Morgan fingerprint density at radius 1 is 1.17 bits per heavy atom. The quantitative estimate of drug-likeness (QED) is 0.651. The van der Waals surface area contributed by atoms with Crippen LogP contribution in [-0.2, 0) is 14.8 Å². The lowest BCUT2D eigenvalue weighted by molar-refractivity contribution is -0.120. The van der Waals surface area contributed by atoms with Gasteiger partial charge in [0.1, 0.15) is 16.4 Å². The first-order valence-electron chi connectivity index (χ1n) is 9.56. The van der Waals surface area contributed by atoms with Crippen LogP contribution in [0.3, 0.4) is 0 Å². The fourth-order valence-electron chi connectivity index (χ4n) is 3.48. The molecule has 0 bridgehead atoms. The highest BCUT2D eigenvalue weighted by Crippen LogP contribution is 2.33. The number of ether oxygens (including phenoxy) is 2. The average Bonchev–Trinajstić information content (AvgIpc) is 2.79. The molecule has 2 aromatic rings. The van der Waals surface area contributed by atoms with Crippen molar-refractivity contribution in [3.63, 3.8) is 0 Å². The molecule has 1 saturated heterocycles. The molecule has 1 amide bonds. The second-order valence-corrected chi connectivity index (χ2v) is 9.66. The van der Waals surface area contributed by atoms with Gasteiger partial charge in [0.15, 0.2) is 0 Å². The van der Waals surface area contributed by atoms with Gasteiger partial charge in [-0.3, -0.25) is 4.79 Å². The average molecular weight is 451 g/mol. The summed E-state index contributed by atoms with van der Waals surface area (Å²) in [6.45, 7) is 0.476. The molecule has 162 valence electrons. The van der Waals surface area contributed by atoms with Crippen molar-refractivity contribution in [2.45, 2.75) is 22.6 Å². The third kappa shape index (κ3) is 4.74. The number of nitrogens with one attached hydrogen (secondary N) is 1. The van der Waals surface area contributed by atoms with Crippen LogP contribution >= 0.6 is 11.8 Å². The summed E-state index contributed by atoms with van der Waals surface area (Å²) in [5.74, 6) is 0.0691. The summed E-state index contributed by atoms with van der Waals surface area (Å²) >= 11 is 1.55. The molecule has 0 unspecified atom stereocenters. The van der Waals surface area contributed by atoms with Gasteiger partial charge in [-0.2, -0.15) is 4.31 Å². The van der Waals surface area contributed by atoms with E-state index in [2.05, 4.69) is 5.32 Å². The van der Waals surface area contributed by atoms with Crippen molar-refractivity contribution in [1.29, 1.82) is 0 Å². The van der Waals surface area contributed by atoms with Gasteiger partial charge in [-0.25, -0.2) is 8.42 Å². The molecule has 0 spiro atoms. The fourth-order valence-corrected chi connectivity index (χ4v) is 5.73. The van der Waals surface area contributed by atoms with Gasteiger partial charge in [0, 0.05) is 24.1 Å². The highest BCUT2D eigenvalue weighted by atomic mass is 32.2. The summed E-state index contributed by atoms with van der Waals surface area (Å²) in [6.07, 6.45) is 3.18. The Morgan fingerprint density at radius 2 is 1.93 bits per heavy atom. The molecule has 1 aliphatic rings. The summed E-state index contributed by atoms with van der Waals surface area (Å²) < 4.78 is 38.4. The smallest absolute Gasteiger partial charge is 0.246 e. The summed E-state index contributed by atoms with van der Waals surface area (Å²) in [7, 11) is -0.940. The Bertz CT molecular complexity index is 1010. The predicted molar refractivity (Wildman–Crippen MR) is 118 cm³/mol. The van der Waals surface area contributed by atoms with E-state index >= 15 is 0 Å². The minimum absolute atomic E-state index is 0.0399. The van der Waals surface area contributed by atoms with E-state index in [-0.39, 0.29) is 23.1 Å². The number of methoxy groups -OCH3 is 2. The van der Waals surface area contributed by atoms with Crippen molar-refractivity contribution in [2.24, 2.45) is 5.92 Å². The summed E-state index contributed by atoms with van der Waals surface area (Å²) in [5, 5.41) is 2.96. The zero-order valence-corrected chi connectivity index (χ0v) is 18.9. The van der Waals surface area contributed by atoms with Crippen molar-refractivity contribution < 1.29 is 22.7 Å². The maximum Gasteiger partial charge on any atom is 0.246 e. The van der Waals surface area contributed by atoms with Crippen LogP contribution in [0.1, 0.15) is 12.8 Å². The first-order valence-corrected chi connectivity index (χ1v) is 12.2. The van der Waals surface area contributed by atoms with Gasteiger partial charge in [-0.15, -0.1) is 11.8 Å². The summed E-state index contributed by atoms with van der Waals surface area (Å²) in [5.41, 5.74) is 0.740. The molecular formula is C21H26N2O5S2. The first-order chi connectivity index (χ1) is 14.4. The van der Waals surface area contributed by atoms with Gasteiger partial charge in [0.05, 0.1) is 25.8 Å². The van der Waals surface area contributed by atoms with E-state index in [4.69, 9.17) is 9.47 Å². The Kier molecular flexibility index (Phi) is 7.27. The number of carbonyl (C=O) groups is 1. The van der Waals surface area contributed by atoms with E-state index in [1.807, 2.05) is 30.5 Å². The number of nitrogens with zero attached hydrogens (tertiary/aromatic N) is 1. The van der Waals surface area contributed by atoms with Crippen LogP contribution < -0.4 is 14.8 Å². The molecule has 1 atom stereocenters. The van der Waals surface area contributed by atoms with Gasteiger partial charge in [0.2, 0.25) is 15.9 Å². The number of anilines is 1. The molecule has 3 rings (SSSR count). The topological polar surface area (TPSA) is 84.9 Å². The zero-order chi connectivity index (χ0) is 21.7. The lowest BCUT2D eigenvalue weighted by Crippen LogP contribution is -2.43. The lowest BCUT2D eigenvalue weighted by Gasteiger charge is -2.31. The number of thioether (sulfide) groups is 1. The van der Waals surface area contributed by atoms with Crippen LogP contribution in [0.2, 0.25) is 0 Å². The van der Waals surface area contributed by atoms with Crippen LogP contribution in [0.25, 0.3) is 0 Å². The highest BCUT2D eigenvalue weighted by Gasteiger charge is 2.35. The second-order valence-electron chi connectivity index (χ2n) is 6.91. The molecule has 0 saturated carbocycles. The van der Waals surface area contributed by atoms with Crippen LogP contribution in [0, 0.1) is 5.92 Å². The second kappa shape index (κ2) is 9.72. The Labute approximate surface area is 181 Å². The molecule has 7 nitrogen and oxygen atoms in total. The Morgan fingerprint density at radius 3 is 2.63 bits per heavy atom. The van der Waals surface area contributed by atoms with Crippen LogP contribution in [0.15, 0.2) is 52.3 Å². The number of benzene rings is 2. The number of hydrogen-bond donors (Lipinski definition) is 1. The van der Waals surface area contributed by atoms with E-state index in [1.165, 1.54) is 24.6 Å². The highest BCUT2D eigenvalue weighted by molar-refractivity contribution is 7.98. The normalized spacial score (nSPS) is 17.4. The molecule has 30 heavy (non-hydrogen) atoms. The van der Waals surface area contributed by atoms with E-state index < -0.39 is 15.9 Å². The standard InChI is InChI=1S/C21H26N2O5S2/c1-27-16-10-11-18(28-2)20(13-16)30(25,26)23-12-6-7-15(14-23)21(24)22-17-8-4-5-9-19(17)29-3/h4-5,8-11,13,15H,6-7,12,14H2,1-3H3,(H,22,24)/t15-/m1/s1. The van der Waals surface area contributed by atoms with Crippen molar-refractivity contribution in [3.05, 3.63) is 42.5 Å². The van der Waals surface area contributed by atoms with Crippen molar-refractivity contribution in [2.75, 3.05) is 38.9 Å². The number of para-hydroxylation sites is 1. The van der Waals surface area contributed by atoms with Crippen molar-refractivity contribution in [3.8, 4) is 11.5 Å². The molecule has 0 aliphatic carbocycles. The third-order valence-corrected chi connectivity index (χ3v) is 7.79. The maximum absolute atomic E-state index is 13.3. The number of hydrogen-bond acceptors (Lipinski definition) is 6. The summed E-state index contributed by atoms with van der Waals surface area (Å²) in [6, 6.07) is 12.2. The van der Waals surface area contributed by atoms with Gasteiger partial charge >= 0.3 is 0 Å². The van der Waals surface area contributed by atoms with Crippen molar-refractivity contribution >= 4 is 33.4 Å². The molecule has 0 radical (unpaired) electrons. The zero-order valence-electron chi connectivity index (χ0n) is 17.3. The molecule has 1 N–H and O–H groups in total. The molecule has 1 fully saturated rings. The fraction of sp³-hybridized carbons (Fsp3) is 0.381. The van der Waals surface area contributed by atoms with Crippen LogP contribution in [0.5, 0.6) is 11.5 Å². The minimum atomic E-state index is -3.85. The van der Waals surface area contributed by atoms with Crippen molar-refractivity contribution in [1.82, 2.24) is 4.31 Å². The van der Waals surface area contributed by atoms with Gasteiger partial charge in [-0.1, -0.05) is 12.1 Å². The SMILES string of the molecule is COc1ccc(OC)c(S(=O)(=O)N2CCC[C@@H](C(=O)Nc3ccccc3SC)C2)c1. The number of rotatable bonds is 7. The number of sulfonamides is 1. The van der Waals surface area contributed by atoms with Gasteiger partial charge in [0.25, 0.3) is 0 Å². The molecule has 2 aromatic carbocycles. The van der Waals surface area contributed by atoms with Gasteiger partial charge < -0.3 is 14.8 Å². The van der Waals surface area contributed by atoms with Crippen LogP contribution in [-0.4, -0.2) is 52.2 Å². The number of piperidine rings is 1. The third-order valence-electron chi connectivity index (χ3n) is 5.11. The van der Waals surface area contributed by atoms with E-state index in [0.29, 0.717) is 25.1 Å². The van der Waals surface area contributed by atoms with E-state index in [9.17, 15) is 13.2 Å². The number of amides is 1. The molecule has 9 heteroatoms. The van der Waals surface area contributed by atoms with E-state index in [0.717, 1.165) is 10.6 Å². The van der Waals surface area contributed by atoms with E-state index in [1.54, 1.807) is 23.9 Å². The van der Waals surface area contributed by atoms with Crippen LogP contribution in [0.4, 0.5) is 5.69 Å². The molecule has 1 aliphatic heterocycles. The molecule has 1 heterocycles. The Hall–Kier alpha value is -2.23. The minimum Gasteiger partial charge on any atom is -0.497 e. The van der Waals surface area contributed by atoms with Gasteiger partial charge in [-0.05, 0) is 43.4 Å². The lowest BCUT2D eigenvalue weighted by atomic mass is 9.99. The maximum atomic E-state index is 13.3. The predicted octanol–water partition coefficient (Wildman–Crippen LogP) is 3.47. The monoisotopic (exact) mass is 450 g/mol. The summed E-state index contributed by atoms with van der Waals surface area (Å²) in [4.78, 5) is 13.9. The molecular weight excluding hydrogens is 424 g/mol. The Balaban J connectivity index is 1.81. The molecule has 0 aromatic heterocycles. The number of carbonyl (C=O) groups excluding carboxylic acids is 1.